The van der Waals surface area contributed by atoms with Crippen LogP contribution >= 0.6 is 11.6 Å². The molecule has 0 aliphatic carbocycles. The van der Waals surface area contributed by atoms with E-state index in [0.29, 0.717) is 10.6 Å². The quantitative estimate of drug-likeness (QED) is 0.582. The highest BCUT2D eigenvalue weighted by molar-refractivity contribution is 6.30. The molecular formula is C20H24ClNO. The maximum Gasteiger partial charge on any atom is 0.255 e. The molecule has 0 atom stereocenters. The highest BCUT2D eigenvalue weighted by Gasteiger charge is 2.05. The Morgan fingerprint density at radius 1 is 0.913 bits per heavy atom. The third-order valence-corrected chi connectivity index (χ3v) is 4.14. The van der Waals surface area contributed by atoms with Crippen molar-refractivity contribution in [3.05, 3.63) is 64.7 Å². The second kappa shape index (κ2) is 9.36. The zero-order chi connectivity index (χ0) is 16.5. The van der Waals surface area contributed by atoms with Crippen LogP contribution in [0, 0.1) is 0 Å². The Labute approximate surface area is 143 Å². The summed E-state index contributed by atoms with van der Waals surface area (Å²) in [6.45, 7) is 2.23. The van der Waals surface area contributed by atoms with Crippen LogP contribution in [0.25, 0.3) is 0 Å². The molecule has 1 amide bonds. The summed E-state index contributed by atoms with van der Waals surface area (Å²) >= 11 is 5.83. The monoisotopic (exact) mass is 329 g/mol. The fourth-order valence-electron chi connectivity index (χ4n) is 2.49. The number of benzene rings is 2. The average molecular weight is 330 g/mol. The predicted octanol–water partition coefficient (Wildman–Crippen LogP) is 6.11. The molecule has 0 fully saturated rings. The van der Waals surface area contributed by atoms with Gasteiger partial charge in [0, 0.05) is 16.3 Å². The van der Waals surface area contributed by atoms with Gasteiger partial charge in [-0.1, -0.05) is 56.3 Å². The number of amides is 1. The molecule has 23 heavy (non-hydrogen) atoms. The number of unbranched alkanes of at least 4 members (excludes halogenated alkanes) is 4. The Balaban J connectivity index is 1.82. The molecule has 2 aromatic carbocycles. The van der Waals surface area contributed by atoms with E-state index in [1.54, 1.807) is 24.3 Å². The summed E-state index contributed by atoms with van der Waals surface area (Å²) in [5.74, 6) is -0.117. The van der Waals surface area contributed by atoms with Crippen molar-refractivity contribution in [1.29, 1.82) is 0 Å². The van der Waals surface area contributed by atoms with Gasteiger partial charge in [-0.3, -0.25) is 4.79 Å². The predicted molar refractivity (Wildman–Crippen MR) is 98.3 cm³/mol. The minimum Gasteiger partial charge on any atom is -0.322 e. The number of carbonyl (C=O) groups is 1. The lowest BCUT2D eigenvalue weighted by Crippen LogP contribution is -2.11. The molecular weight excluding hydrogens is 306 g/mol. The van der Waals surface area contributed by atoms with Crippen molar-refractivity contribution in [3.8, 4) is 0 Å². The fraction of sp³-hybridized carbons (Fsp3) is 0.350. The van der Waals surface area contributed by atoms with Gasteiger partial charge in [0.1, 0.15) is 0 Å². The summed E-state index contributed by atoms with van der Waals surface area (Å²) in [6, 6.07) is 15.0. The topological polar surface area (TPSA) is 29.1 Å². The summed E-state index contributed by atoms with van der Waals surface area (Å²) in [6.07, 6.45) is 7.57. The normalized spacial score (nSPS) is 10.5. The van der Waals surface area contributed by atoms with E-state index in [4.69, 9.17) is 11.6 Å². The Bertz CT molecular complexity index is 605. The Kier molecular flexibility index (Phi) is 7.15. The highest BCUT2D eigenvalue weighted by Crippen LogP contribution is 2.15. The number of anilines is 1. The Hall–Kier alpha value is -1.80. The van der Waals surface area contributed by atoms with Crippen LogP contribution in [0.5, 0.6) is 0 Å². The summed E-state index contributed by atoms with van der Waals surface area (Å²) in [4.78, 5) is 12.1. The number of carbonyl (C=O) groups excluding carboxylic acids is 1. The summed E-state index contributed by atoms with van der Waals surface area (Å²) in [7, 11) is 0. The number of halogens is 1. The molecule has 2 nitrogen and oxygen atoms in total. The van der Waals surface area contributed by atoms with Gasteiger partial charge in [0.05, 0.1) is 0 Å². The van der Waals surface area contributed by atoms with Crippen LogP contribution in [0.3, 0.4) is 0 Å². The zero-order valence-electron chi connectivity index (χ0n) is 13.6. The van der Waals surface area contributed by atoms with Crippen molar-refractivity contribution in [3.63, 3.8) is 0 Å². The molecule has 0 aromatic heterocycles. The van der Waals surface area contributed by atoms with E-state index in [-0.39, 0.29) is 5.91 Å². The molecule has 0 aliphatic heterocycles. The third-order valence-electron chi connectivity index (χ3n) is 3.89. The van der Waals surface area contributed by atoms with Gasteiger partial charge in [0.15, 0.2) is 0 Å². The number of hydrogen-bond donors (Lipinski definition) is 1. The minimum atomic E-state index is -0.117. The van der Waals surface area contributed by atoms with Gasteiger partial charge in [0.25, 0.3) is 5.91 Å². The first-order chi connectivity index (χ1) is 11.2. The van der Waals surface area contributed by atoms with Crippen molar-refractivity contribution in [2.75, 3.05) is 5.32 Å². The fourth-order valence-corrected chi connectivity index (χ4v) is 2.62. The van der Waals surface area contributed by atoms with E-state index in [0.717, 1.165) is 12.1 Å². The summed E-state index contributed by atoms with van der Waals surface area (Å²) < 4.78 is 0. The van der Waals surface area contributed by atoms with Gasteiger partial charge in [0.2, 0.25) is 0 Å². The maximum absolute atomic E-state index is 12.1. The van der Waals surface area contributed by atoms with Crippen molar-refractivity contribution in [2.45, 2.75) is 45.4 Å². The van der Waals surface area contributed by atoms with Crippen LogP contribution in [0.2, 0.25) is 5.02 Å². The SMILES string of the molecule is CCCCCCCc1ccc(NC(=O)c2ccc(Cl)cc2)cc1. The van der Waals surface area contributed by atoms with Crippen LogP contribution in [-0.4, -0.2) is 5.91 Å². The molecule has 0 saturated carbocycles. The molecule has 0 bridgehead atoms. The molecule has 0 aliphatic rings. The molecule has 2 rings (SSSR count). The van der Waals surface area contributed by atoms with Crippen LogP contribution in [0.15, 0.2) is 48.5 Å². The Morgan fingerprint density at radius 2 is 1.57 bits per heavy atom. The maximum atomic E-state index is 12.1. The van der Waals surface area contributed by atoms with Crippen molar-refractivity contribution in [1.82, 2.24) is 0 Å². The minimum absolute atomic E-state index is 0.117. The molecule has 0 unspecified atom stereocenters. The van der Waals surface area contributed by atoms with Crippen LogP contribution in [0.1, 0.15) is 54.9 Å². The van der Waals surface area contributed by atoms with Gasteiger partial charge in [-0.15, -0.1) is 0 Å². The van der Waals surface area contributed by atoms with Gasteiger partial charge in [-0.05, 0) is 54.8 Å². The molecule has 3 heteroatoms. The number of rotatable bonds is 8. The van der Waals surface area contributed by atoms with Crippen molar-refractivity contribution >= 4 is 23.2 Å². The average Bonchev–Trinajstić information content (AvgIpc) is 2.57. The first-order valence-corrected chi connectivity index (χ1v) is 8.72. The van der Waals surface area contributed by atoms with Gasteiger partial charge < -0.3 is 5.32 Å². The van der Waals surface area contributed by atoms with E-state index in [1.165, 1.54) is 37.7 Å². The van der Waals surface area contributed by atoms with Crippen LogP contribution in [-0.2, 0) is 6.42 Å². The van der Waals surface area contributed by atoms with Crippen molar-refractivity contribution in [2.24, 2.45) is 0 Å². The molecule has 0 heterocycles. The first kappa shape index (κ1) is 17.6. The molecule has 0 saturated heterocycles. The van der Waals surface area contributed by atoms with Crippen LogP contribution in [0.4, 0.5) is 5.69 Å². The van der Waals surface area contributed by atoms with Gasteiger partial charge >= 0.3 is 0 Å². The second-order valence-corrected chi connectivity index (χ2v) is 6.26. The number of aryl methyl sites for hydroxylation is 1. The first-order valence-electron chi connectivity index (χ1n) is 8.35. The standard InChI is InChI=1S/C20H24ClNO/c1-2-3-4-5-6-7-16-8-14-19(15-9-16)22-20(23)17-10-12-18(21)13-11-17/h8-15H,2-7H2,1H3,(H,22,23). The largest absolute Gasteiger partial charge is 0.322 e. The van der Waals surface area contributed by atoms with Crippen molar-refractivity contribution < 1.29 is 4.79 Å². The van der Waals surface area contributed by atoms with Gasteiger partial charge in [-0.2, -0.15) is 0 Å². The smallest absolute Gasteiger partial charge is 0.255 e. The second-order valence-electron chi connectivity index (χ2n) is 5.82. The lowest BCUT2D eigenvalue weighted by atomic mass is 10.1. The van der Waals surface area contributed by atoms with Crippen LogP contribution < -0.4 is 5.32 Å². The molecule has 1 N–H and O–H groups in total. The van der Waals surface area contributed by atoms with Gasteiger partial charge in [-0.25, -0.2) is 0 Å². The van der Waals surface area contributed by atoms with E-state index >= 15 is 0 Å². The van der Waals surface area contributed by atoms with E-state index in [1.807, 2.05) is 12.1 Å². The Morgan fingerprint density at radius 3 is 2.22 bits per heavy atom. The van der Waals surface area contributed by atoms with E-state index in [2.05, 4.69) is 24.4 Å². The lowest BCUT2D eigenvalue weighted by molar-refractivity contribution is 0.102. The summed E-state index contributed by atoms with van der Waals surface area (Å²) in [5, 5.41) is 3.54. The molecule has 0 spiro atoms. The van der Waals surface area contributed by atoms with E-state index < -0.39 is 0 Å². The third kappa shape index (κ3) is 6.07. The zero-order valence-corrected chi connectivity index (χ0v) is 14.4. The molecule has 0 radical (unpaired) electrons. The molecule has 122 valence electrons. The number of hydrogen-bond acceptors (Lipinski definition) is 1. The highest BCUT2D eigenvalue weighted by atomic mass is 35.5. The molecule has 2 aromatic rings. The lowest BCUT2D eigenvalue weighted by Gasteiger charge is -2.07. The number of nitrogens with one attached hydrogen (secondary N) is 1. The van der Waals surface area contributed by atoms with E-state index in [9.17, 15) is 4.79 Å². The summed E-state index contributed by atoms with van der Waals surface area (Å²) in [5.41, 5.74) is 2.75.